The molecule has 18 heavy (non-hydrogen) atoms. The van der Waals surface area contributed by atoms with Crippen molar-refractivity contribution in [3.8, 4) is 0 Å². The van der Waals surface area contributed by atoms with E-state index < -0.39 is 16.0 Å². The number of nitrogens with zero attached hydrogens (tertiary/aromatic N) is 2. The van der Waals surface area contributed by atoms with E-state index in [1.807, 2.05) is 0 Å². The van der Waals surface area contributed by atoms with Gasteiger partial charge in [0.2, 0.25) is 0 Å². The number of hydrogen-bond acceptors (Lipinski definition) is 5. The van der Waals surface area contributed by atoms with Gasteiger partial charge in [-0.3, -0.25) is 4.79 Å². The monoisotopic (exact) mass is 290 g/mol. The van der Waals surface area contributed by atoms with Crippen LogP contribution in [0, 0.1) is 12.8 Å². The molecule has 8 heteroatoms. The Labute approximate surface area is 109 Å². The van der Waals surface area contributed by atoms with E-state index in [1.54, 1.807) is 6.92 Å². The van der Waals surface area contributed by atoms with Crippen LogP contribution in [0.25, 0.3) is 0 Å². The summed E-state index contributed by atoms with van der Waals surface area (Å²) >= 11 is 1.14. The van der Waals surface area contributed by atoms with Crippen LogP contribution < -0.4 is 0 Å². The molecule has 1 unspecified atom stereocenters. The highest BCUT2D eigenvalue weighted by atomic mass is 32.2. The average Bonchev–Trinajstić information content (AvgIpc) is 2.86. The van der Waals surface area contributed by atoms with Crippen LogP contribution in [0.15, 0.2) is 10.4 Å². The Morgan fingerprint density at radius 3 is 2.94 bits per heavy atom. The third-order valence-electron chi connectivity index (χ3n) is 2.91. The minimum Gasteiger partial charge on any atom is -0.481 e. The first-order chi connectivity index (χ1) is 8.39. The molecule has 1 N–H and O–H groups in total. The van der Waals surface area contributed by atoms with Crippen LogP contribution in [0.5, 0.6) is 0 Å². The van der Waals surface area contributed by atoms with Gasteiger partial charge < -0.3 is 5.11 Å². The van der Waals surface area contributed by atoms with E-state index in [4.69, 9.17) is 5.11 Å². The standard InChI is InChI=1S/C10H14N2O4S2/c1-7-11-5-10(17-7)18(15,16)12-3-2-8(6-12)4-9(13)14/h5,8H,2-4,6H2,1H3,(H,13,14). The van der Waals surface area contributed by atoms with Crippen molar-refractivity contribution in [2.45, 2.75) is 24.0 Å². The molecule has 2 rings (SSSR count). The first-order valence-electron chi connectivity index (χ1n) is 5.54. The summed E-state index contributed by atoms with van der Waals surface area (Å²) in [5, 5.41) is 9.41. The normalized spacial score (nSPS) is 21.3. The van der Waals surface area contributed by atoms with Crippen LogP contribution in [0.3, 0.4) is 0 Å². The Hall–Kier alpha value is -0.990. The van der Waals surface area contributed by atoms with Gasteiger partial charge in [0.05, 0.1) is 11.2 Å². The van der Waals surface area contributed by atoms with Crippen molar-refractivity contribution in [1.82, 2.24) is 9.29 Å². The largest absolute Gasteiger partial charge is 0.481 e. The van der Waals surface area contributed by atoms with Crippen LogP contribution in [0.4, 0.5) is 0 Å². The maximum atomic E-state index is 12.2. The summed E-state index contributed by atoms with van der Waals surface area (Å²) in [5.41, 5.74) is 0. The Bertz CT molecular complexity index is 552. The van der Waals surface area contributed by atoms with Gasteiger partial charge in [0.1, 0.15) is 0 Å². The molecule has 1 aromatic heterocycles. The third-order valence-corrected chi connectivity index (χ3v) is 6.12. The number of aliphatic carboxylic acids is 1. The highest BCUT2D eigenvalue weighted by molar-refractivity contribution is 7.91. The van der Waals surface area contributed by atoms with Crippen molar-refractivity contribution in [1.29, 1.82) is 0 Å². The molecule has 1 saturated heterocycles. The predicted molar refractivity (Wildman–Crippen MR) is 66.0 cm³/mol. The summed E-state index contributed by atoms with van der Waals surface area (Å²) in [6, 6.07) is 0. The van der Waals surface area contributed by atoms with Crippen LogP contribution in [0.1, 0.15) is 17.8 Å². The molecular weight excluding hydrogens is 276 g/mol. The SMILES string of the molecule is Cc1ncc(S(=O)(=O)N2CCC(CC(=O)O)C2)s1. The molecule has 0 aromatic carbocycles. The second-order valence-corrected chi connectivity index (χ2v) is 7.71. The molecule has 0 amide bonds. The molecule has 100 valence electrons. The Morgan fingerprint density at radius 1 is 1.67 bits per heavy atom. The lowest BCUT2D eigenvalue weighted by Crippen LogP contribution is -2.28. The number of sulfonamides is 1. The Kier molecular flexibility index (Phi) is 3.69. The summed E-state index contributed by atoms with van der Waals surface area (Å²) in [7, 11) is -3.49. The molecule has 0 bridgehead atoms. The fraction of sp³-hybridized carbons (Fsp3) is 0.600. The second kappa shape index (κ2) is 4.94. The van der Waals surface area contributed by atoms with Gasteiger partial charge in [-0.25, -0.2) is 13.4 Å². The van der Waals surface area contributed by atoms with Crippen LogP contribution >= 0.6 is 11.3 Å². The van der Waals surface area contributed by atoms with Gasteiger partial charge >= 0.3 is 5.97 Å². The molecule has 0 saturated carbocycles. The van der Waals surface area contributed by atoms with Crippen LogP contribution in [-0.4, -0.2) is 41.9 Å². The zero-order chi connectivity index (χ0) is 13.3. The van der Waals surface area contributed by atoms with E-state index in [1.165, 1.54) is 10.5 Å². The van der Waals surface area contributed by atoms with Gasteiger partial charge in [-0.15, -0.1) is 11.3 Å². The molecule has 1 fully saturated rings. The van der Waals surface area contributed by atoms with Crippen LogP contribution in [-0.2, 0) is 14.8 Å². The number of carboxylic acid groups (broad SMARTS) is 1. The molecule has 0 radical (unpaired) electrons. The topological polar surface area (TPSA) is 87.6 Å². The first-order valence-corrected chi connectivity index (χ1v) is 7.79. The van der Waals surface area contributed by atoms with Crippen molar-refractivity contribution in [3.05, 3.63) is 11.2 Å². The molecule has 0 spiro atoms. The molecule has 1 aliphatic rings. The summed E-state index contributed by atoms with van der Waals surface area (Å²) in [6.07, 6.45) is 1.98. The van der Waals surface area contributed by atoms with Gasteiger partial charge in [-0.05, 0) is 19.3 Å². The molecule has 2 heterocycles. The minimum atomic E-state index is -3.49. The third kappa shape index (κ3) is 2.70. The minimum absolute atomic E-state index is 0.0216. The highest BCUT2D eigenvalue weighted by Crippen LogP contribution is 2.28. The fourth-order valence-corrected chi connectivity index (χ4v) is 4.81. The van der Waals surface area contributed by atoms with Gasteiger partial charge in [0.15, 0.2) is 4.21 Å². The van der Waals surface area contributed by atoms with Crippen molar-refractivity contribution >= 4 is 27.3 Å². The Morgan fingerprint density at radius 2 is 2.39 bits per heavy atom. The van der Waals surface area contributed by atoms with E-state index in [-0.39, 0.29) is 23.1 Å². The quantitative estimate of drug-likeness (QED) is 0.891. The average molecular weight is 290 g/mol. The number of aryl methyl sites for hydroxylation is 1. The van der Waals surface area contributed by atoms with Gasteiger partial charge in [-0.2, -0.15) is 4.31 Å². The number of carbonyl (C=O) groups is 1. The molecule has 6 nitrogen and oxygen atoms in total. The number of aromatic nitrogens is 1. The van der Waals surface area contributed by atoms with Crippen LogP contribution in [0.2, 0.25) is 0 Å². The van der Waals surface area contributed by atoms with Crippen molar-refractivity contribution < 1.29 is 18.3 Å². The molecule has 1 aliphatic heterocycles. The van der Waals surface area contributed by atoms with Gasteiger partial charge in [0, 0.05) is 19.5 Å². The van der Waals surface area contributed by atoms with E-state index >= 15 is 0 Å². The maximum Gasteiger partial charge on any atom is 0.303 e. The fourth-order valence-electron chi connectivity index (χ4n) is 2.02. The summed E-state index contributed by atoms with van der Waals surface area (Å²) in [6.45, 7) is 2.42. The Balaban J connectivity index is 2.11. The smallest absolute Gasteiger partial charge is 0.303 e. The molecular formula is C10H14N2O4S2. The second-order valence-electron chi connectivity index (χ2n) is 4.31. The molecule has 1 atom stereocenters. The van der Waals surface area contributed by atoms with Gasteiger partial charge in [0.25, 0.3) is 10.0 Å². The summed E-state index contributed by atoms with van der Waals surface area (Å²) < 4.78 is 26.0. The van der Waals surface area contributed by atoms with Crippen molar-refractivity contribution in [3.63, 3.8) is 0 Å². The maximum absolute atomic E-state index is 12.2. The number of hydrogen-bond donors (Lipinski definition) is 1. The number of rotatable bonds is 4. The van der Waals surface area contributed by atoms with E-state index in [0.29, 0.717) is 18.0 Å². The summed E-state index contributed by atoms with van der Waals surface area (Å²) in [5.74, 6) is -0.973. The highest BCUT2D eigenvalue weighted by Gasteiger charge is 2.34. The van der Waals surface area contributed by atoms with E-state index in [2.05, 4.69) is 4.98 Å². The lowest BCUT2D eigenvalue weighted by molar-refractivity contribution is -0.137. The van der Waals surface area contributed by atoms with Crippen molar-refractivity contribution in [2.75, 3.05) is 13.1 Å². The number of carboxylic acids is 1. The van der Waals surface area contributed by atoms with E-state index in [9.17, 15) is 13.2 Å². The van der Waals surface area contributed by atoms with E-state index in [0.717, 1.165) is 11.3 Å². The zero-order valence-corrected chi connectivity index (χ0v) is 11.5. The zero-order valence-electron chi connectivity index (χ0n) is 9.87. The molecule has 1 aromatic rings. The lowest BCUT2D eigenvalue weighted by atomic mass is 10.1. The summed E-state index contributed by atoms with van der Waals surface area (Å²) in [4.78, 5) is 14.5. The molecule has 0 aliphatic carbocycles. The lowest BCUT2D eigenvalue weighted by Gasteiger charge is -2.14. The number of thiazole rings is 1. The van der Waals surface area contributed by atoms with Crippen molar-refractivity contribution in [2.24, 2.45) is 5.92 Å². The first kappa shape index (κ1) is 13.4. The predicted octanol–water partition coefficient (Wildman–Crippen LogP) is 0.937. The van der Waals surface area contributed by atoms with Gasteiger partial charge in [-0.1, -0.05) is 0 Å².